The Morgan fingerprint density at radius 1 is 1.15 bits per heavy atom. The third-order valence-electron chi connectivity index (χ3n) is 3.75. The molecule has 0 aromatic heterocycles. The fraction of sp³-hybridized carbons (Fsp3) is 0.250. The number of hydrazine groups is 1. The number of halogens is 1. The van der Waals surface area contributed by atoms with Gasteiger partial charge in [-0.15, -0.1) is 0 Å². The van der Waals surface area contributed by atoms with Gasteiger partial charge >= 0.3 is 0 Å². The summed E-state index contributed by atoms with van der Waals surface area (Å²) in [6.45, 7) is 0.619. The third-order valence-corrected chi connectivity index (χ3v) is 3.75. The van der Waals surface area contributed by atoms with E-state index in [0.29, 0.717) is 12.2 Å². The molecular formula is C16H17FN2O. The second-order valence-corrected chi connectivity index (χ2v) is 4.91. The largest absolute Gasteiger partial charge is 0.371 e. The number of nitrogens with two attached hydrogens (primary N) is 1. The summed E-state index contributed by atoms with van der Waals surface area (Å²) in [7, 11) is 0. The molecule has 2 aromatic rings. The van der Waals surface area contributed by atoms with E-state index < -0.39 is 6.04 Å². The van der Waals surface area contributed by atoms with Gasteiger partial charge < -0.3 is 4.74 Å². The van der Waals surface area contributed by atoms with E-state index >= 15 is 0 Å². The van der Waals surface area contributed by atoms with Gasteiger partial charge in [0.2, 0.25) is 0 Å². The van der Waals surface area contributed by atoms with E-state index in [1.54, 1.807) is 18.2 Å². The molecule has 3 nitrogen and oxygen atoms in total. The van der Waals surface area contributed by atoms with Crippen molar-refractivity contribution in [3.63, 3.8) is 0 Å². The standard InChI is InChI=1S/C16H17FN2O/c17-14-8-4-3-7-13(14)15(19-18)16-12-6-2-1-5-11(12)9-10-20-16/h1-8,15-16,19H,9-10,18H2. The smallest absolute Gasteiger partial charge is 0.128 e. The molecule has 0 radical (unpaired) electrons. The van der Waals surface area contributed by atoms with E-state index in [1.165, 1.54) is 11.6 Å². The average molecular weight is 272 g/mol. The molecule has 3 rings (SSSR count). The van der Waals surface area contributed by atoms with E-state index in [0.717, 1.165) is 12.0 Å². The molecule has 0 saturated carbocycles. The van der Waals surface area contributed by atoms with E-state index in [2.05, 4.69) is 11.5 Å². The van der Waals surface area contributed by atoms with Crippen LogP contribution in [0.25, 0.3) is 0 Å². The van der Waals surface area contributed by atoms with Crippen molar-refractivity contribution in [3.8, 4) is 0 Å². The van der Waals surface area contributed by atoms with Crippen molar-refractivity contribution in [3.05, 3.63) is 71.0 Å². The number of benzene rings is 2. The molecule has 3 N–H and O–H groups in total. The van der Waals surface area contributed by atoms with Crippen LogP contribution in [0.15, 0.2) is 48.5 Å². The van der Waals surface area contributed by atoms with Crippen LogP contribution >= 0.6 is 0 Å². The molecule has 1 aliphatic rings. The number of fused-ring (bicyclic) bond motifs is 1. The zero-order valence-electron chi connectivity index (χ0n) is 11.1. The summed E-state index contributed by atoms with van der Waals surface area (Å²) in [6, 6.07) is 14.3. The van der Waals surface area contributed by atoms with Crippen LogP contribution in [-0.4, -0.2) is 6.61 Å². The number of rotatable bonds is 3. The highest BCUT2D eigenvalue weighted by Gasteiger charge is 2.30. The van der Waals surface area contributed by atoms with Gasteiger partial charge in [0.25, 0.3) is 0 Å². The highest BCUT2D eigenvalue weighted by molar-refractivity contribution is 5.34. The predicted molar refractivity (Wildman–Crippen MR) is 75.3 cm³/mol. The maximum Gasteiger partial charge on any atom is 0.128 e. The topological polar surface area (TPSA) is 47.3 Å². The van der Waals surface area contributed by atoms with Gasteiger partial charge in [-0.05, 0) is 23.6 Å². The lowest BCUT2D eigenvalue weighted by Crippen LogP contribution is -2.36. The van der Waals surface area contributed by atoms with Crippen molar-refractivity contribution in [2.75, 3.05) is 6.61 Å². The van der Waals surface area contributed by atoms with Gasteiger partial charge in [0.05, 0.1) is 12.6 Å². The Morgan fingerprint density at radius 2 is 1.90 bits per heavy atom. The zero-order valence-corrected chi connectivity index (χ0v) is 11.1. The van der Waals surface area contributed by atoms with Crippen molar-refractivity contribution in [1.82, 2.24) is 5.43 Å². The van der Waals surface area contributed by atoms with Gasteiger partial charge in [-0.25, -0.2) is 9.82 Å². The summed E-state index contributed by atoms with van der Waals surface area (Å²) in [5.74, 6) is 5.39. The van der Waals surface area contributed by atoms with Gasteiger partial charge in [0.1, 0.15) is 11.9 Å². The molecule has 2 atom stereocenters. The quantitative estimate of drug-likeness (QED) is 0.667. The van der Waals surface area contributed by atoms with Crippen molar-refractivity contribution in [2.24, 2.45) is 5.84 Å². The van der Waals surface area contributed by atoms with Crippen LogP contribution < -0.4 is 11.3 Å². The minimum atomic E-state index is -0.405. The predicted octanol–water partition coefficient (Wildman–Crippen LogP) is 2.64. The lowest BCUT2D eigenvalue weighted by Gasteiger charge is -2.32. The van der Waals surface area contributed by atoms with Gasteiger partial charge in [0.15, 0.2) is 0 Å². The molecular weight excluding hydrogens is 255 g/mol. The molecule has 20 heavy (non-hydrogen) atoms. The van der Waals surface area contributed by atoms with E-state index in [9.17, 15) is 4.39 Å². The van der Waals surface area contributed by atoms with Crippen molar-refractivity contribution in [1.29, 1.82) is 0 Å². The van der Waals surface area contributed by atoms with Gasteiger partial charge in [-0.3, -0.25) is 5.84 Å². The average Bonchev–Trinajstić information content (AvgIpc) is 2.50. The number of nitrogens with one attached hydrogen (secondary N) is 1. The lowest BCUT2D eigenvalue weighted by molar-refractivity contribution is 0.0139. The summed E-state index contributed by atoms with van der Waals surface area (Å²) in [5.41, 5.74) is 5.54. The maximum absolute atomic E-state index is 14.0. The molecule has 0 saturated heterocycles. The van der Waals surface area contributed by atoms with E-state index in [4.69, 9.17) is 10.6 Å². The molecule has 4 heteroatoms. The second kappa shape index (κ2) is 5.71. The first-order valence-corrected chi connectivity index (χ1v) is 6.71. The number of hydrogen-bond donors (Lipinski definition) is 2. The van der Waals surface area contributed by atoms with Crippen molar-refractivity contribution >= 4 is 0 Å². The Hall–Kier alpha value is -1.75. The SMILES string of the molecule is NNC(c1ccccc1F)C1OCCc2ccccc21. The highest BCUT2D eigenvalue weighted by atomic mass is 19.1. The third kappa shape index (κ3) is 2.33. The molecule has 0 bridgehead atoms. The monoisotopic (exact) mass is 272 g/mol. The van der Waals surface area contributed by atoms with Crippen LogP contribution in [0.2, 0.25) is 0 Å². The molecule has 0 aliphatic carbocycles. The Morgan fingerprint density at radius 3 is 2.70 bits per heavy atom. The summed E-state index contributed by atoms with van der Waals surface area (Å²) in [5, 5.41) is 0. The van der Waals surface area contributed by atoms with Crippen molar-refractivity contribution < 1.29 is 9.13 Å². The lowest BCUT2D eigenvalue weighted by atomic mass is 9.90. The van der Waals surface area contributed by atoms with Crippen LogP contribution in [0.3, 0.4) is 0 Å². The van der Waals surface area contributed by atoms with Crippen LogP contribution in [0.1, 0.15) is 28.8 Å². The molecule has 0 amide bonds. The van der Waals surface area contributed by atoms with Crippen LogP contribution in [0.4, 0.5) is 4.39 Å². The Bertz CT molecular complexity index is 603. The molecule has 0 fully saturated rings. The van der Waals surface area contributed by atoms with E-state index in [-0.39, 0.29) is 11.9 Å². The molecule has 1 heterocycles. The number of hydrogen-bond acceptors (Lipinski definition) is 3. The molecule has 0 spiro atoms. The van der Waals surface area contributed by atoms with Crippen LogP contribution in [0, 0.1) is 5.82 Å². The summed E-state index contributed by atoms with van der Waals surface area (Å²) >= 11 is 0. The van der Waals surface area contributed by atoms with Gasteiger partial charge in [0, 0.05) is 5.56 Å². The normalized spacial score (nSPS) is 19.4. The van der Waals surface area contributed by atoms with E-state index in [1.807, 2.05) is 18.2 Å². The fourth-order valence-corrected chi connectivity index (χ4v) is 2.77. The van der Waals surface area contributed by atoms with Crippen molar-refractivity contribution in [2.45, 2.75) is 18.6 Å². The van der Waals surface area contributed by atoms with Crippen LogP contribution in [0.5, 0.6) is 0 Å². The number of ether oxygens (including phenoxy) is 1. The molecule has 2 aromatic carbocycles. The second-order valence-electron chi connectivity index (χ2n) is 4.91. The first kappa shape index (κ1) is 13.2. The molecule has 1 aliphatic heterocycles. The Balaban J connectivity index is 2.01. The maximum atomic E-state index is 14.0. The van der Waals surface area contributed by atoms with Gasteiger partial charge in [-0.1, -0.05) is 42.5 Å². The summed E-state index contributed by atoms with van der Waals surface area (Å²) in [4.78, 5) is 0. The minimum absolute atomic E-state index is 0.276. The molecule has 2 unspecified atom stereocenters. The Labute approximate surface area is 117 Å². The highest BCUT2D eigenvalue weighted by Crippen LogP contribution is 2.37. The van der Waals surface area contributed by atoms with Gasteiger partial charge in [-0.2, -0.15) is 0 Å². The van der Waals surface area contributed by atoms with Crippen LogP contribution in [-0.2, 0) is 11.2 Å². The minimum Gasteiger partial charge on any atom is -0.371 e. The first-order chi connectivity index (χ1) is 9.81. The summed E-state index contributed by atoms with van der Waals surface area (Å²) < 4.78 is 19.9. The first-order valence-electron chi connectivity index (χ1n) is 6.71. The molecule has 104 valence electrons. The summed E-state index contributed by atoms with van der Waals surface area (Å²) in [6.07, 6.45) is 0.600. The Kier molecular flexibility index (Phi) is 3.78. The fourth-order valence-electron chi connectivity index (χ4n) is 2.77. The zero-order chi connectivity index (χ0) is 13.9.